The van der Waals surface area contributed by atoms with Gasteiger partial charge in [-0.3, -0.25) is 0 Å². The van der Waals surface area contributed by atoms with Gasteiger partial charge in [-0.25, -0.2) is 0 Å². The van der Waals surface area contributed by atoms with Gasteiger partial charge in [0.25, 0.3) is 6.73 Å². The van der Waals surface area contributed by atoms with Crippen molar-refractivity contribution < 1.29 is 21.7 Å². The zero-order valence-corrected chi connectivity index (χ0v) is 10.2. The maximum absolute atomic E-state index is 5.68. The van der Waals surface area contributed by atoms with E-state index >= 15 is 0 Å². The molecule has 90 valence electrons. The molecule has 1 heterocycles. The van der Waals surface area contributed by atoms with Crippen molar-refractivity contribution >= 4 is 5.69 Å². The Kier molecular flexibility index (Phi) is 5.46. The Morgan fingerprint density at radius 3 is 2.53 bits per heavy atom. The molecule has 3 nitrogen and oxygen atoms in total. The maximum atomic E-state index is 5.68. The number of nitrogens with zero attached hydrogens (tertiary/aromatic N) is 1. The molecule has 0 radical (unpaired) electrons. The normalized spacial score (nSPS) is 9.65. The Morgan fingerprint density at radius 2 is 1.82 bits per heavy atom. The molecule has 0 atom stereocenters. The second-order valence-electron chi connectivity index (χ2n) is 3.61. The zero-order chi connectivity index (χ0) is 11.2. The van der Waals surface area contributed by atoms with Gasteiger partial charge in [0.1, 0.15) is 0 Å². The predicted octanol–water partition coefficient (Wildman–Crippen LogP) is -1.27. The van der Waals surface area contributed by atoms with E-state index < -0.39 is 0 Å². The van der Waals surface area contributed by atoms with Crippen LogP contribution < -0.4 is 22.7 Å². The van der Waals surface area contributed by atoms with E-state index in [1.54, 1.807) is 0 Å². The summed E-state index contributed by atoms with van der Waals surface area (Å²) in [5.41, 5.74) is 7.55. The van der Waals surface area contributed by atoms with E-state index in [0.29, 0.717) is 13.3 Å². The molecule has 0 aliphatic heterocycles. The van der Waals surface area contributed by atoms with E-state index in [-0.39, 0.29) is 12.4 Å². The summed E-state index contributed by atoms with van der Waals surface area (Å²) in [7, 11) is 0. The highest BCUT2D eigenvalue weighted by Gasteiger charge is 1.98. The van der Waals surface area contributed by atoms with Crippen molar-refractivity contribution in [2.24, 2.45) is 0 Å². The molecule has 0 amide bonds. The minimum Gasteiger partial charge on any atom is -1.00 e. The van der Waals surface area contributed by atoms with Crippen LogP contribution >= 0.6 is 0 Å². The molecule has 0 fully saturated rings. The summed E-state index contributed by atoms with van der Waals surface area (Å²) in [6.45, 7) is 1.13. The molecule has 2 rings (SSSR count). The molecule has 2 aromatic rings. The summed E-state index contributed by atoms with van der Waals surface area (Å²) in [5.74, 6) is 0. The third kappa shape index (κ3) is 4.43. The molecule has 17 heavy (non-hydrogen) atoms. The molecule has 1 aromatic heterocycles. The van der Waals surface area contributed by atoms with Gasteiger partial charge >= 0.3 is 0 Å². The Bertz CT molecular complexity index is 448. The first-order valence-electron chi connectivity index (χ1n) is 5.21. The van der Waals surface area contributed by atoms with Crippen LogP contribution in [-0.4, -0.2) is 0 Å². The number of pyridine rings is 1. The molecule has 0 aliphatic rings. The van der Waals surface area contributed by atoms with Crippen LogP contribution in [0.25, 0.3) is 0 Å². The molecule has 0 spiro atoms. The van der Waals surface area contributed by atoms with E-state index in [9.17, 15) is 0 Å². The van der Waals surface area contributed by atoms with Crippen molar-refractivity contribution in [2.75, 3.05) is 5.73 Å². The molecule has 0 unspecified atom stereocenters. The second-order valence-corrected chi connectivity index (χ2v) is 3.61. The molecule has 0 saturated heterocycles. The fraction of sp³-hybridized carbons (Fsp3) is 0.154. The fourth-order valence-electron chi connectivity index (χ4n) is 1.47. The average molecular weight is 251 g/mol. The SMILES string of the molecule is Nc1cccc(COC[n+]2ccccc2)c1.[Cl-]. The Morgan fingerprint density at radius 1 is 1.06 bits per heavy atom. The summed E-state index contributed by atoms with van der Waals surface area (Å²) >= 11 is 0. The number of rotatable bonds is 4. The summed E-state index contributed by atoms with van der Waals surface area (Å²) in [6, 6.07) is 13.7. The lowest BCUT2D eigenvalue weighted by Crippen LogP contribution is -3.00. The van der Waals surface area contributed by atoms with Crippen molar-refractivity contribution in [1.29, 1.82) is 0 Å². The number of hydrogen-bond acceptors (Lipinski definition) is 2. The van der Waals surface area contributed by atoms with Crippen LogP contribution in [0.15, 0.2) is 54.9 Å². The minimum atomic E-state index is 0. The largest absolute Gasteiger partial charge is 1.00 e. The highest BCUT2D eigenvalue weighted by molar-refractivity contribution is 5.40. The first kappa shape index (κ1) is 13.5. The standard InChI is InChI=1S/C13H15N2O.ClH/c14-13-6-4-5-12(9-13)10-16-11-15-7-2-1-3-8-15;/h1-9H,10-11,14H2;1H/q+1;/p-1. The predicted molar refractivity (Wildman–Crippen MR) is 62.3 cm³/mol. The van der Waals surface area contributed by atoms with E-state index in [0.717, 1.165) is 11.3 Å². The summed E-state index contributed by atoms with van der Waals surface area (Å²) in [6.07, 6.45) is 3.94. The lowest BCUT2D eigenvalue weighted by Gasteiger charge is -2.02. The molecule has 4 heteroatoms. The van der Waals surface area contributed by atoms with Crippen LogP contribution in [0.2, 0.25) is 0 Å². The van der Waals surface area contributed by atoms with E-state index in [1.165, 1.54) is 0 Å². The number of nitrogen functional groups attached to an aromatic ring is 1. The molecular formula is C13H15ClN2O. The van der Waals surface area contributed by atoms with Crippen molar-refractivity contribution in [3.8, 4) is 0 Å². The van der Waals surface area contributed by atoms with Crippen LogP contribution in [0.5, 0.6) is 0 Å². The number of benzene rings is 1. The summed E-state index contributed by atoms with van der Waals surface area (Å²) < 4.78 is 7.55. The summed E-state index contributed by atoms with van der Waals surface area (Å²) in [5, 5.41) is 0. The Labute approximate surface area is 107 Å². The van der Waals surface area contributed by atoms with Gasteiger partial charge < -0.3 is 22.9 Å². The maximum Gasteiger partial charge on any atom is 0.252 e. The minimum absolute atomic E-state index is 0. The second kappa shape index (κ2) is 6.89. The van der Waals surface area contributed by atoms with Gasteiger partial charge in [-0.15, -0.1) is 0 Å². The molecule has 0 saturated carbocycles. The van der Waals surface area contributed by atoms with Gasteiger partial charge in [-0.1, -0.05) is 18.2 Å². The number of ether oxygens (including phenoxy) is 1. The molecule has 1 aromatic carbocycles. The average Bonchev–Trinajstić information content (AvgIpc) is 2.30. The van der Waals surface area contributed by atoms with Crippen LogP contribution in [0, 0.1) is 0 Å². The van der Waals surface area contributed by atoms with E-state index in [2.05, 4.69) is 0 Å². The lowest BCUT2D eigenvalue weighted by molar-refractivity contribution is -0.733. The lowest BCUT2D eigenvalue weighted by atomic mass is 10.2. The monoisotopic (exact) mass is 250 g/mol. The van der Waals surface area contributed by atoms with Gasteiger partial charge in [0, 0.05) is 17.8 Å². The first-order valence-corrected chi connectivity index (χ1v) is 5.21. The highest BCUT2D eigenvalue weighted by atomic mass is 35.5. The van der Waals surface area contributed by atoms with Gasteiger partial charge in [0.2, 0.25) is 0 Å². The van der Waals surface area contributed by atoms with Gasteiger partial charge in [-0.2, -0.15) is 4.57 Å². The Hall–Kier alpha value is -1.58. The number of aromatic nitrogens is 1. The van der Waals surface area contributed by atoms with Gasteiger partial charge in [0.15, 0.2) is 12.4 Å². The topological polar surface area (TPSA) is 39.1 Å². The van der Waals surface area contributed by atoms with Crippen LogP contribution in [0.1, 0.15) is 5.56 Å². The molecule has 2 N–H and O–H groups in total. The van der Waals surface area contributed by atoms with Crippen molar-refractivity contribution in [2.45, 2.75) is 13.3 Å². The van der Waals surface area contributed by atoms with Crippen molar-refractivity contribution in [1.82, 2.24) is 0 Å². The van der Waals surface area contributed by atoms with Crippen molar-refractivity contribution in [3.05, 3.63) is 60.4 Å². The number of anilines is 1. The van der Waals surface area contributed by atoms with E-state index in [1.807, 2.05) is 59.4 Å². The molecule has 0 aliphatic carbocycles. The zero-order valence-electron chi connectivity index (χ0n) is 9.42. The highest BCUT2D eigenvalue weighted by Crippen LogP contribution is 2.07. The van der Waals surface area contributed by atoms with Gasteiger partial charge in [0.05, 0.1) is 6.61 Å². The molecule has 0 bridgehead atoms. The van der Waals surface area contributed by atoms with Crippen LogP contribution in [0.3, 0.4) is 0 Å². The number of nitrogens with two attached hydrogens (primary N) is 1. The number of halogens is 1. The number of hydrogen-bond donors (Lipinski definition) is 1. The third-order valence-electron chi connectivity index (χ3n) is 2.24. The summed E-state index contributed by atoms with van der Waals surface area (Å²) in [4.78, 5) is 0. The van der Waals surface area contributed by atoms with E-state index in [4.69, 9.17) is 10.5 Å². The van der Waals surface area contributed by atoms with Crippen LogP contribution in [0.4, 0.5) is 5.69 Å². The van der Waals surface area contributed by atoms with Crippen molar-refractivity contribution in [3.63, 3.8) is 0 Å². The Balaban J connectivity index is 0.00000144. The fourth-order valence-corrected chi connectivity index (χ4v) is 1.47. The first-order chi connectivity index (χ1) is 7.84. The van der Waals surface area contributed by atoms with Gasteiger partial charge in [-0.05, 0) is 17.7 Å². The smallest absolute Gasteiger partial charge is 0.252 e. The quantitative estimate of drug-likeness (QED) is 0.543. The van der Waals surface area contributed by atoms with Crippen LogP contribution in [-0.2, 0) is 18.1 Å². The third-order valence-corrected chi connectivity index (χ3v) is 2.24. The molecular weight excluding hydrogens is 236 g/mol.